The van der Waals surface area contributed by atoms with Gasteiger partial charge in [-0.15, -0.1) is 0 Å². The van der Waals surface area contributed by atoms with E-state index in [2.05, 4.69) is 5.43 Å². The third-order valence-electron chi connectivity index (χ3n) is 3.36. The second kappa shape index (κ2) is 5.53. The van der Waals surface area contributed by atoms with Crippen molar-refractivity contribution in [1.29, 1.82) is 0 Å². The molecular weight excluding hydrogens is 256 g/mol. The van der Waals surface area contributed by atoms with Gasteiger partial charge in [0.1, 0.15) is 12.0 Å². The van der Waals surface area contributed by atoms with Crippen LogP contribution in [0.3, 0.4) is 0 Å². The molecule has 108 valence electrons. The highest BCUT2D eigenvalue weighted by molar-refractivity contribution is 5.88. The lowest BCUT2D eigenvalue weighted by Gasteiger charge is -2.21. The fraction of sp³-hybridized carbons (Fsp3) is 0.467. The molecule has 0 aliphatic carbocycles. The second-order valence-electron chi connectivity index (χ2n) is 5.69. The molecule has 1 amide bonds. The van der Waals surface area contributed by atoms with Crippen molar-refractivity contribution >= 4 is 17.6 Å². The molecular formula is C15H20N2O3. The summed E-state index contributed by atoms with van der Waals surface area (Å²) in [6, 6.07) is 9.59. The molecule has 0 bridgehead atoms. The molecule has 1 heterocycles. The van der Waals surface area contributed by atoms with Crippen LogP contribution in [0, 0.1) is 11.3 Å². The van der Waals surface area contributed by atoms with Crippen LogP contribution in [0.4, 0.5) is 5.69 Å². The predicted molar refractivity (Wildman–Crippen MR) is 75.8 cm³/mol. The summed E-state index contributed by atoms with van der Waals surface area (Å²) in [4.78, 5) is 23.7. The second-order valence-corrected chi connectivity index (χ2v) is 5.69. The Kier molecular flexibility index (Phi) is 3.97. The van der Waals surface area contributed by atoms with Crippen LogP contribution in [0.15, 0.2) is 30.3 Å². The molecule has 1 fully saturated rings. The standard InChI is InChI=1S/C15H20N2O3/c1-11(2)13(18)20-10-15(3)9-17(16-14(15)19)12-7-5-4-6-8-12/h4-8,11H,9-10H2,1-3H3,(H,16,19). The molecule has 1 saturated heterocycles. The van der Waals surface area contributed by atoms with Crippen molar-refractivity contribution in [2.24, 2.45) is 11.3 Å². The lowest BCUT2D eigenvalue weighted by atomic mass is 9.92. The zero-order valence-electron chi connectivity index (χ0n) is 12.1. The van der Waals surface area contributed by atoms with Crippen LogP contribution in [-0.2, 0) is 14.3 Å². The third-order valence-corrected chi connectivity index (χ3v) is 3.36. The minimum absolute atomic E-state index is 0.0964. The topological polar surface area (TPSA) is 58.6 Å². The van der Waals surface area contributed by atoms with Crippen molar-refractivity contribution < 1.29 is 14.3 Å². The summed E-state index contributed by atoms with van der Waals surface area (Å²) >= 11 is 0. The van der Waals surface area contributed by atoms with E-state index in [0.717, 1.165) is 5.69 Å². The van der Waals surface area contributed by atoms with Crippen LogP contribution < -0.4 is 10.4 Å². The summed E-state index contributed by atoms with van der Waals surface area (Å²) in [5.41, 5.74) is 3.01. The molecule has 1 aliphatic rings. The smallest absolute Gasteiger partial charge is 0.308 e. The molecule has 1 unspecified atom stereocenters. The van der Waals surface area contributed by atoms with Gasteiger partial charge >= 0.3 is 5.97 Å². The maximum atomic E-state index is 12.1. The van der Waals surface area contributed by atoms with Gasteiger partial charge in [-0.3, -0.25) is 20.0 Å². The minimum Gasteiger partial charge on any atom is -0.464 e. The Morgan fingerprint density at radius 2 is 2.05 bits per heavy atom. The number of nitrogens with one attached hydrogen (secondary N) is 1. The largest absolute Gasteiger partial charge is 0.464 e. The molecule has 0 aromatic heterocycles. The first-order chi connectivity index (χ1) is 9.42. The molecule has 20 heavy (non-hydrogen) atoms. The van der Waals surface area contributed by atoms with E-state index in [9.17, 15) is 9.59 Å². The number of para-hydroxylation sites is 1. The number of amides is 1. The lowest BCUT2D eigenvalue weighted by Crippen LogP contribution is -2.35. The van der Waals surface area contributed by atoms with Crippen molar-refractivity contribution in [3.05, 3.63) is 30.3 Å². The molecule has 1 N–H and O–H groups in total. The molecule has 0 radical (unpaired) electrons. The molecule has 1 aromatic carbocycles. The molecule has 1 atom stereocenters. The number of hydrogen-bond donors (Lipinski definition) is 1. The van der Waals surface area contributed by atoms with E-state index < -0.39 is 5.41 Å². The number of hydrazine groups is 1. The zero-order valence-corrected chi connectivity index (χ0v) is 12.1. The summed E-state index contributed by atoms with van der Waals surface area (Å²) in [5.74, 6) is -0.594. The number of esters is 1. The highest BCUT2D eigenvalue weighted by Gasteiger charge is 2.43. The fourth-order valence-corrected chi connectivity index (χ4v) is 1.99. The van der Waals surface area contributed by atoms with Gasteiger partial charge in [0.25, 0.3) is 0 Å². The monoisotopic (exact) mass is 276 g/mol. The van der Waals surface area contributed by atoms with Crippen LogP contribution in [0.1, 0.15) is 20.8 Å². The summed E-state index contributed by atoms with van der Waals surface area (Å²) in [5, 5.41) is 1.78. The molecule has 0 saturated carbocycles. The van der Waals surface area contributed by atoms with E-state index in [-0.39, 0.29) is 24.4 Å². The Hall–Kier alpha value is -2.04. The highest BCUT2D eigenvalue weighted by Crippen LogP contribution is 2.28. The number of carbonyl (C=O) groups is 2. The number of benzene rings is 1. The van der Waals surface area contributed by atoms with Crippen LogP contribution in [-0.4, -0.2) is 25.0 Å². The first kappa shape index (κ1) is 14.4. The van der Waals surface area contributed by atoms with E-state index in [1.165, 1.54) is 0 Å². The van der Waals surface area contributed by atoms with E-state index in [0.29, 0.717) is 6.54 Å². The van der Waals surface area contributed by atoms with Crippen molar-refractivity contribution in [3.8, 4) is 0 Å². The Morgan fingerprint density at radius 3 is 2.65 bits per heavy atom. The first-order valence-electron chi connectivity index (χ1n) is 6.73. The van der Waals surface area contributed by atoms with E-state index >= 15 is 0 Å². The van der Waals surface area contributed by atoms with Gasteiger partial charge in [-0.25, -0.2) is 0 Å². The van der Waals surface area contributed by atoms with Gasteiger partial charge in [-0.1, -0.05) is 32.0 Å². The Labute approximate surface area is 118 Å². The SMILES string of the molecule is CC(C)C(=O)OCC1(C)CN(c2ccccc2)NC1=O. The zero-order chi connectivity index (χ0) is 14.8. The number of ether oxygens (including phenoxy) is 1. The number of carbonyl (C=O) groups excluding carboxylic acids is 2. The van der Waals surface area contributed by atoms with Crippen LogP contribution >= 0.6 is 0 Å². The minimum atomic E-state index is -0.722. The van der Waals surface area contributed by atoms with Crippen LogP contribution in [0.2, 0.25) is 0 Å². The van der Waals surface area contributed by atoms with Gasteiger partial charge in [0.05, 0.1) is 18.2 Å². The van der Waals surface area contributed by atoms with E-state index in [1.807, 2.05) is 30.3 Å². The van der Waals surface area contributed by atoms with E-state index in [4.69, 9.17) is 4.74 Å². The van der Waals surface area contributed by atoms with Crippen LogP contribution in [0.5, 0.6) is 0 Å². The van der Waals surface area contributed by atoms with Crippen molar-refractivity contribution in [3.63, 3.8) is 0 Å². The summed E-state index contributed by atoms with van der Waals surface area (Å²) in [7, 11) is 0. The van der Waals surface area contributed by atoms with Gasteiger partial charge in [0.2, 0.25) is 5.91 Å². The number of rotatable bonds is 4. The molecule has 1 aromatic rings. The summed E-state index contributed by atoms with van der Waals surface area (Å²) in [6.07, 6.45) is 0. The first-order valence-corrected chi connectivity index (χ1v) is 6.73. The summed E-state index contributed by atoms with van der Waals surface area (Å²) < 4.78 is 5.22. The Bertz CT molecular complexity index is 501. The van der Waals surface area contributed by atoms with Gasteiger partial charge in [-0.05, 0) is 19.1 Å². The van der Waals surface area contributed by atoms with Crippen molar-refractivity contribution in [2.75, 3.05) is 18.2 Å². The van der Waals surface area contributed by atoms with Gasteiger partial charge in [0, 0.05) is 0 Å². The number of anilines is 1. The van der Waals surface area contributed by atoms with E-state index in [1.54, 1.807) is 25.8 Å². The Morgan fingerprint density at radius 1 is 1.40 bits per heavy atom. The average Bonchev–Trinajstić information content (AvgIpc) is 2.73. The number of hydrogen-bond acceptors (Lipinski definition) is 4. The lowest BCUT2D eigenvalue weighted by molar-refractivity contribution is -0.151. The molecule has 5 heteroatoms. The van der Waals surface area contributed by atoms with Crippen LogP contribution in [0.25, 0.3) is 0 Å². The average molecular weight is 276 g/mol. The number of nitrogens with zero attached hydrogens (tertiary/aromatic N) is 1. The summed E-state index contributed by atoms with van der Waals surface area (Å²) in [6.45, 7) is 5.92. The maximum absolute atomic E-state index is 12.1. The fourth-order valence-electron chi connectivity index (χ4n) is 1.99. The van der Waals surface area contributed by atoms with Crippen molar-refractivity contribution in [1.82, 2.24) is 5.43 Å². The Balaban J connectivity index is 2.03. The maximum Gasteiger partial charge on any atom is 0.308 e. The van der Waals surface area contributed by atoms with Gasteiger partial charge in [0.15, 0.2) is 0 Å². The van der Waals surface area contributed by atoms with Gasteiger partial charge in [-0.2, -0.15) is 0 Å². The normalized spacial score (nSPS) is 22.0. The molecule has 1 aliphatic heterocycles. The highest BCUT2D eigenvalue weighted by atomic mass is 16.5. The van der Waals surface area contributed by atoms with Gasteiger partial charge < -0.3 is 4.74 Å². The molecule has 0 spiro atoms. The third kappa shape index (κ3) is 2.92. The molecule has 2 rings (SSSR count). The molecule has 5 nitrogen and oxygen atoms in total. The predicted octanol–water partition coefficient (Wildman–Crippen LogP) is 1.74. The quantitative estimate of drug-likeness (QED) is 0.851. The van der Waals surface area contributed by atoms with Crippen molar-refractivity contribution in [2.45, 2.75) is 20.8 Å².